The largest absolute Gasteiger partial charge is 0.481 e. The van der Waals surface area contributed by atoms with E-state index in [9.17, 15) is 27.8 Å². The third-order valence-electron chi connectivity index (χ3n) is 6.71. The van der Waals surface area contributed by atoms with Crippen molar-refractivity contribution in [3.05, 3.63) is 53.0 Å². The number of carboxylic acids is 1. The van der Waals surface area contributed by atoms with Crippen molar-refractivity contribution in [2.24, 2.45) is 5.41 Å². The zero-order valence-corrected chi connectivity index (χ0v) is 21.7. The van der Waals surface area contributed by atoms with Crippen LogP contribution in [0.25, 0.3) is 22.4 Å². The molecule has 198 valence electrons. The number of nitrogens with zero attached hydrogens (tertiary/aromatic N) is 2. The van der Waals surface area contributed by atoms with Crippen LogP contribution in [0.1, 0.15) is 67.1 Å². The molecule has 3 aromatic rings. The number of halogens is 1. The molecule has 3 N–H and O–H groups in total. The summed E-state index contributed by atoms with van der Waals surface area (Å²) in [6.45, 7) is 3.50. The predicted octanol–water partition coefficient (Wildman–Crippen LogP) is 4.70. The Labute approximate surface area is 216 Å². The van der Waals surface area contributed by atoms with Crippen molar-refractivity contribution in [2.45, 2.75) is 52.0 Å². The fraction of sp³-hybridized carbons (Fsp3) is 0.423. The minimum absolute atomic E-state index is 0.0558. The van der Waals surface area contributed by atoms with E-state index in [2.05, 4.69) is 10.3 Å². The summed E-state index contributed by atoms with van der Waals surface area (Å²) in [5.41, 5.74) is 1.52. The van der Waals surface area contributed by atoms with E-state index in [-0.39, 0.29) is 36.4 Å². The predicted molar refractivity (Wildman–Crippen MR) is 137 cm³/mol. The van der Waals surface area contributed by atoms with Gasteiger partial charge < -0.3 is 14.8 Å². The van der Waals surface area contributed by atoms with E-state index >= 15 is 0 Å². The minimum Gasteiger partial charge on any atom is -0.481 e. The number of aliphatic carboxylic acids is 1. The Kier molecular flexibility index (Phi) is 7.77. The van der Waals surface area contributed by atoms with E-state index in [1.54, 1.807) is 13.8 Å². The van der Waals surface area contributed by atoms with Crippen LogP contribution in [0.5, 0.6) is 0 Å². The molecule has 0 spiro atoms. The highest BCUT2D eigenvalue weighted by molar-refractivity contribution is 7.76. The van der Waals surface area contributed by atoms with Crippen molar-refractivity contribution in [3.63, 3.8) is 0 Å². The quantitative estimate of drug-likeness (QED) is 0.306. The van der Waals surface area contributed by atoms with E-state index in [0.717, 1.165) is 18.4 Å². The second-order valence-electron chi connectivity index (χ2n) is 9.93. The van der Waals surface area contributed by atoms with Gasteiger partial charge in [0.2, 0.25) is 17.0 Å². The van der Waals surface area contributed by atoms with Gasteiger partial charge in [0.05, 0.1) is 28.6 Å². The first-order valence-electron chi connectivity index (χ1n) is 12.1. The second kappa shape index (κ2) is 10.7. The van der Waals surface area contributed by atoms with Gasteiger partial charge in [0.25, 0.3) is 5.91 Å². The highest BCUT2D eigenvalue weighted by Gasteiger charge is 2.32. The molecule has 1 atom stereocenters. The number of hydrogen-bond acceptors (Lipinski definition) is 5. The molecule has 4 rings (SSSR count). The Morgan fingerprint density at radius 1 is 1.27 bits per heavy atom. The highest BCUT2D eigenvalue weighted by atomic mass is 32.2. The van der Waals surface area contributed by atoms with Crippen molar-refractivity contribution in [1.82, 2.24) is 14.6 Å². The standard InChI is InChI=1S/C26H30FN3O6S/c1-26(2,25(32)33)11-4-12-30(37(34)35)14-20-18(15-5-6-15)13-19-21(23(31)28-3)22(36-24(19)29-20)16-7-9-17(27)10-8-16/h7-10,13,15H,4-6,11-12,14H2,1-3H3,(H,28,31)(H,32,33)(H,34,35). The molecule has 0 aliphatic heterocycles. The van der Waals surface area contributed by atoms with E-state index in [4.69, 9.17) is 4.42 Å². The molecule has 1 fully saturated rings. The van der Waals surface area contributed by atoms with Crippen molar-refractivity contribution in [2.75, 3.05) is 13.6 Å². The van der Waals surface area contributed by atoms with Crippen LogP contribution in [0.2, 0.25) is 0 Å². The smallest absolute Gasteiger partial charge is 0.309 e. The van der Waals surface area contributed by atoms with Gasteiger partial charge in [-0.05, 0) is 81.3 Å². The monoisotopic (exact) mass is 531 g/mol. The molecule has 1 aliphatic rings. The average Bonchev–Trinajstić information content (AvgIpc) is 3.63. The van der Waals surface area contributed by atoms with Crippen molar-refractivity contribution in [1.29, 1.82) is 0 Å². The van der Waals surface area contributed by atoms with Crippen molar-refractivity contribution < 1.29 is 32.3 Å². The molecule has 11 heteroatoms. The first-order chi connectivity index (χ1) is 17.5. The number of benzene rings is 1. The normalized spacial score (nSPS) is 14.8. The summed E-state index contributed by atoms with van der Waals surface area (Å²) in [4.78, 5) is 28.9. The van der Waals surface area contributed by atoms with Crippen molar-refractivity contribution >= 4 is 34.2 Å². The molecule has 9 nitrogen and oxygen atoms in total. The first kappa shape index (κ1) is 26.9. The SMILES string of the molecule is CNC(=O)c1c(-c2ccc(F)cc2)oc2nc(CN(CCCC(C)(C)C(=O)O)S(=O)O)c(C3CC3)cc12. The van der Waals surface area contributed by atoms with Crippen LogP contribution in [-0.4, -0.2) is 48.6 Å². The van der Waals surface area contributed by atoms with Gasteiger partial charge in [-0.1, -0.05) is 0 Å². The number of aromatic nitrogens is 1. The molecule has 37 heavy (non-hydrogen) atoms. The fourth-order valence-corrected chi connectivity index (χ4v) is 4.81. The highest BCUT2D eigenvalue weighted by Crippen LogP contribution is 2.44. The number of pyridine rings is 1. The van der Waals surface area contributed by atoms with E-state index in [0.29, 0.717) is 35.0 Å². The summed E-state index contributed by atoms with van der Waals surface area (Å²) in [5, 5.41) is 12.5. The number of carboxylic acid groups (broad SMARTS) is 1. The van der Waals surface area contributed by atoms with Crippen molar-refractivity contribution in [3.8, 4) is 11.3 Å². The van der Waals surface area contributed by atoms with Crippen LogP contribution >= 0.6 is 0 Å². The molecular weight excluding hydrogens is 501 g/mol. The second-order valence-corrected chi connectivity index (χ2v) is 10.9. The molecule has 1 aliphatic carbocycles. The van der Waals surface area contributed by atoms with Gasteiger partial charge in [-0.25, -0.2) is 13.6 Å². The summed E-state index contributed by atoms with van der Waals surface area (Å²) < 4.78 is 42.9. The lowest BCUT2D eigenvalue weighted by molar-refractivity contribution is -0.147. The molecule has 0 bridgehead atoms. The number of hydrogen-bond donors (Lipinski definition) is 3. The minimum atomic E-state index is -2.30. The maximum absolute atomic E-state index is 13.5. The Bertz CT molecular complexity index is 1350. The van der Waals surface area contributed by atoms with Crippen LogP contribution in [0, 0.1) is 11.2 Å². The lowest BCUT2D eigenvalue weighted by Gasteiger charge is -2.22. The molecule has 2 heterocycles. The van der Waals surface area contributed by atoms with Gasteiger partial charge in [0.15, 0.2) is 0 Å². The fourth-order valence-electron chi connectivity index (χ4n) is 4.29. The third-order valence-corrected chi connectivity index (χ3v) is 7.46. The number of rotatable bonds is 11. The molecule has 1 amide bonds. The Balaban J connectivity index is 1.71. The number of furan rings is 1. The van der Waals surface area contributed by atoms with E-state index in [1.807, 2.05) is 6.07 Å². The van der Waals surface area contributed by atoms with E-state index in [1.165, 1.54) is 35.6 Å². The maximum atomic E-state index is 13.5. The van der Waals surface area contributed by atoms with Crippen LogP contribution < -0.4 is 5.32 Å². The van der Waals surface area contributed by atoms with Crippen LogP contribution in [0.3, 0.4) is 0 Å². The summed E-state index contributed by atoms with van der Waals surface area (Å²) >= 11 is -2.30. The zero-order valence-electron chi connectivity index (χ0n) is 20.9. The summed E-state index contributed by atoms with van der Waals surface area (Å²) in [5.74, 6) is -1.23. The zero-order chi connectivity index (χ0) is 26.9. The average molecular weight is 532 g/mol. The first-order valence-corrected chi connectivity index (χ1v) is 13.1. The van der Waals surface area contributed by atoms with Crippen LogP contribution in [0.4, 0.5) is 4.39 Å². The summed E-state index contributed by atoms with van der Waals surface area (Å²) in [6, 6.07) is 7.48. The summed E-state index contributed by atoms with van der Waals surface area (Å²) in [6.07, 6.45) is 2.62. The Morgan fingerprint density at radius 3 is 2.51 bits per heavy atom. The number of carbonyl (C=O) groups is 2. The lowest BCUT2D eigenvalue weighted by atomic mass is 9.88. The number of fused-ring (bicyclic) bond motifs is 1. The van der Waals surface area contributed by atoms with Gasteiger partial charge in [-0.15, -0.1) is 0 Å². The van der Waals surface area contributed by atoms with Gasteiger partial charge >= 0.3 is 5.97 Å². The number of nitrogens with one attached hydrogen (secondary N) is 1. The number of carbonyl (C=O) groups excluding carboxylic acids is 1. The summed E-state index contributed by atoms with van der Waals surface area (Å²) in [7, 11) is 1.51. The van der Waals surface area contributed by atoms with E-state index < -0.39 is 28.5 Å². The van der Waals surface area contributed by atoms with Crippen LogP contribution in [0.15, 0.2) is 34.7 Å². The lowest BCUT2D eigenvalue weighted by Crippen LogP contribution is -2.30. The molecule has 2 aromatic heterocycles. The van der Waals surface area contributed by atoms with Gasteiger partial charge in [-0.2, -0.15) is 4.31 Å². The Morgan fingerprint density at radius 2 is 1.95 bits per heavy atom. The molecule has 0 radical (unpaired) electrons. The van der Waals surface area contributed by atoms with Gasteiger partial charge in [-0.3, -0.25) is 14.1 Å². The maximum Gasteiger partial charge on any atom is 0.309 e. The molecular formula is C26H30FN3O6S. The molecule has 1 unspecified atom stereocenters. The number of amides is 1. The molecule has 0 saturated heterocycles. The Hall–Kier alpha value is -3.15. The van der Waals surface area contributed by atoms with Crippen LogP contribution in [-0.2, 0) is 22.6 Å². The van der Waals surface area contributed by atoms with Gasteiger partial charge in [0, 0.05) is 19.2 Å². The third kappa shape index (κ3) is 5.89. The van der Waals surface area contributed by atoms with Gasteiger partial charge in [0.1, 0.15) is 11.6 Å². The molecule has 1 aromatic carbocycles. The topological polar surface area (TPSA) is 133 Å². The molecule has 1 saturated carbocycles.